The molecule has 7 heteroatoms. The van der Waals surface area contributed by atoms with Gasteiger partial charge in [0.1, 0.15) is 5.69 Å². The molecule has 7 nitrogen and oxygen atoms in total. The van der Waals surface area contributed by atoms with Gasteiger partial charge in [0.05, 0.1) is 4.92 Å². The number of benzene rings is 1. The minimum atomic E-state index is -0.698. The zero-order valence-electron chi connectivity index (χ0n) is 11.7. The fraction of sp³-hybridized carbons (Fsp3) is 0.462. The first kappa shape index (κ1) is 15.9. The van der Waals surface area contributed by atoms with Gasteiger partial charge in [0.25, 0.3) is 5.69 Å². The summed E-state index contributed by atoms with van der Waals surface area (Å²) in [6.45, 7) is 4.29. The zero-order chi connectivity index (χ0) is 15.3. The quantitative estimate of drug-likeness (QED) is 0.517. The first-order valence-corrected chi connectivity index (χ1v) is 6.45. The number of rotatable bonds is 7. The molecule has 0 saturated carbocycles. The van der Waals surface area contributed by atoms with Crippen LogP contribution < -0.4 is 16.8 Å². The molecule has 0 saturated heterocycles. The summed E-state index contributed by atoms with van der Waals surface area (Å²) in [7, 11) is 0. The monoisotopic (exact) mass is 280 g/mol. The number of carbonyl (C=O) groups is 1. The highest BCUT2D eigenvalue weighted by atomic mass is 16.6. The summed E-state index contributed by atoms with van der Waals surface area (Å²) < 4.78 is 0. The average Bonchev–Trinajstić information content (AvgIpc) is 2.44. The van der Waals surface area contributed by atoms with Crippen molar-refractivity contribution < 1.29 is 9.72 Å². The maximum absolute atomic E-state index is 11.1. The number of carbonyl (C=O) groups excluding carboxylic acids is 1. The van der Waals surface area contributed by atoms with E-state index >= 15 is 0 Å². The van der Waals surface area contributed by atoms with Gasteiger partial charge in [-0.3, -0.25) is 14.9 Å². The van der Waals surface area contributed by atoms with Crippen molar-refractivity contribution in [3.8, 4) is 0 Å². The first-order valence-electron chi connectivity index (χ1n) is 6.45. The van der Waals surface area contributed by atoms with Crippen molar-refractivity contribution in [2.45, 2.75) is 32.2 Å². The van der Waals surface area contributed by atoms with E-state index in [-0.39, 0.29) is 11.3 Å². The summed E-state index contributed by atoms with van der Waals surface area (Å²) in [5.41, 5.74) is 10.8. The van der Waals surface area contributed by atoms with Gasteiger partial charge in [0.15, 0.2) is 0 Å². The molecule has 0 aliphatic rings. The van der Waals surface area contributed by atoms with Crippen LogP contribution >= 0.6 is 0 Å². The maximum atomic E-state index is 11.1. The fourth-order valence-corrected chi connectivity index (χ4v) is 1.99. The molecule has 20 heavy (non-hydrogen) atoms. The lowest BCUT2D eigenvalue weighted by Gasteiger charge is -2.32. The van der Waals surface area contributed by atoms with Gasteiger partial charge in [0, 0.05) is 23.7 Å². The standard InChI is InChI=1S/C13H20N4O3/c1-3-13(4-2,8-14)16-10-6-5-9(12(15)18)7-11(10)17(19)20/h5-7,16H,3-4,8,14H2,1-2H3,(H2,15,18). The summed E-state index contributed by atoms with van der Waals surface area (Å²) in [5, 5.41) is 14.3. The normalized spacial score (nSPS) is 11.2. The predicted octanol–water partition coefficient (Wildman–Crippen LogP) is 1.62. The van der Waals surface area contributed by atoms with Crippen LogP contribution in [-0.2, 0) is 0 Å². The Morgan fingerprint density at radius 1 is 1.40 bits per heavy atom. The number of hydrogen-bond acceptors (Lipinski definition) is 5. The van der Waals surface area contributed by atoms with Crippen LogP contribution in [0.25, 0.3) is 0 Å². The third kappa shape index (κ3) is 3.24. The van der Waals surface area contributed by atoms with Crippen molar-refractivity contribution in [2.75, 3.05) is 11.9 Å². The van der Waals surface area contributed by atoms with Crippen molar-refractivity contribution in [1.82, 2.24) is 0 Å². The summed E-state index contributed by atoms with van der Waals surface area (Å²) >= 11 is 0. The molecular formula is C13H20N4O3. The number of nitro groups is 1. The van der Waals surface area contributed by atoms with Crippen LogP contribution in [-0.4, -0.2) is 22.9 Å². The third-order valence-corrected chi connectivity index (χ3v) is 3.62. The number of nitro benzene ring substituents is 1. The Morgan fingerprint density at radius 2 is 2.00 bits per heavy atom. The smallest absolute Gasteiger partial charge is 0.293 e. The van der Waals surface area contributed by atoms with E-state index in [4.69, 9.17) is 11.5 Å². The lowest BCUT2D eigenvalue weighted by Crippen LogP contribution is -2.44. The summed E-state index contributed by atoms with van der Waals surface area (Å²) in [5.74, 6) is -0.698. The molecule has 0 aliphatic carbocycles. The Morgan fingerprint density at radius 3 is 2.40 bits per heavy atom. The van der Waals surface area contributed by atoms with Crippen molar-refractivity contribution in [2.24, 2.45) is 11.5 Å². The van der Waals surface area contributed by atoms with Gasteiger partial charge in [-0.15, -0.1) is 0 Å². The van der Waals surface area contributed by atoms with Crippen molar-refractivity contribution in [3.05, 3.63) is 33.9 Å². The highest BCUT2D eigenvalue weighted by molar-refractivity contribution is 5.94. The first-order chi connectivity index (χ1) is 9.39. The van der Waals surface area contributed by atoms with Crippen LogP contribution in [0.5, 0.6) is 0 Å². The number of hydrogen-bond donors (Lipinski definition) is 3. The van der Waals surface area contributed by atoms with Crippen LogP contribution in [0, 0.1) is 10.1 Å². The van der Waals surface area contributed by atoms with E-state index in [1.165, 1.54) is 18.2 Å². The average molecular weight is 280 g/mol. The minimum Gasteiger partial charge on any atom is -0.373 e. The molecule has 0 aliphatic heterocycles. The lowest BCUT2D eigenvalue weighted by molar-refractivity contribution is -0.384. The molecule has 1 aromatic carbocycles. The van der Waals surface area contributed by atoms with Crippen molar-refractivity contribution >= 4 is 17.3 Å². The molecule has 1 aromatic rings. The Hall–Kier alpha value is -2.15. The molecule has 0 aromatic heterocycles. The predicted molar refractivity (Wildman–Crippen MR) is 77.6 cm³/mol. The second-order valence-corrected chi connectivity index (χ2v) is 4.67. The molecule has 5 N–H and O–H groups in total. The molecule has 0 spiro atoms. The Bertz CT molecular complexity index is 504. The fourth-order valence-electron chi connectivity index (χ4n) is 1.99. The van der Waals surface area contributed by atoms with Crippen molar-refractivity contribution in [3.63, 3.8) is 0 Å². The molecule has 0 unspecified atom stereocenters. The number of nitrogens with zero attached hydrogens (tertiary/aromatic N) is 1. The summed E-state index contributed by atoms with van der Waals surface area (Å²) in [6.07, 6.45) is 1.46. The second kappa shape index (κ2) is 6.33. The molecule has 0 bridgehead atoms. The lowest BCUT2D eigenvalue weighted by atomic mass is 9.92. The Kier molecular flexibility index (Phi) is 5.04. The summed E-state index contributed by atoms with van der Waals surface area (Å²) in [6, 6.07) is 4.13. The molecule has 1 rings (SSSR count). The van der Waals surface area contributed by atoms with Crippen LogP contribution in [0.2, 0.25) is 0 Å². The minimum absolute atomic E-state index is 0.105. The van der Waals surface area contributed by atoms with Gasteiger partial charge >= 0.3 is 0 Å². The zero-order valence-corrected chi connectivity index (χ0v) is 11.7. The highest BCUT2D eigenvalue weighted by Gasteiger charge is 2.27. The highest BCUT2D eigenvalue weighted by Crippen LogP contribution is 2.30. The number of amides is 1. The van der Waals surface area contributed by atoms with Gasteiger partial charge in [-0.05, 0) is 25.0 Å². The van der Waals surface area contributed by atoms with Crippen LogP contribution in [0.1, 0.15) is 37.0 Å². The molecule has 1 amide bonds. The van der Waals surface area contributed by atoms with Gasteiger partial charge in [0.2, 0.25) is 5.91 Å². The van der Waals surface area contributed by atoms with E-state index in [0.29, 0.717) is 12.2 Å². The van der Waals surface area contributed by atoms with Gasteiger partial charge in [-0.25, -0.2) is 0 Å². The van der Waals surface area contributed by atoms with E-state index in [2.05, 4.69) is 5.32 Å². The van der Waals surface area contributed by atoms with Crippen molar-refractivity contribution in [1.29, 1.82) is 0 Å². The van der Waals surface area contributed by atoms with Gasteiger partial charge in [-0.2, -0.15) is 0 Å². The van der Waals surface area contributed by atoms with Crippen LogP contribution in [0.3, 0.4) is 0 Å². The summed E-state index contributed by atoms with van der Waals surface area (Å²) in [4.78, 5) is 21.7. The van der Waals surface area contributed by atoms with Crippen LogP contribution in [0.15, 0.2) is 18.2 Å². The topological polar surface area (TPSA) is 124 Å². The largest absolute Gasteiger partial charge is 0.373 e. The van der Waals surface area contributed by atoms with E-state index in [1.54, 1.807) is 0 Å². The second-order valence-electron chi connectivity index (χ2n) is 4.67. The Balaban J connectivity index is 3.24. The maximum Gasteiger partial charge on any atom is 0.293 e. The van der Waals surface area contributed by atoms with Gasteiger partial charge < -0.3 is 16.8 Å². The molecule has 0 fully saturated rings. The Labute approximate surface area is 117 Å². The molecule has 110 valence electrons. The number of nitrogens with two attached hydrogens (primary N) is 2. The molecule has 0 atom stereocenters. The number of primary amides is 1. The number of nitrogens with one attached hydrogen (secondary N) is 1. The van der Waals surface area contributed by atoms with Crippen LogP contribution in [0.4, 0.5) is 11.4 Å². The van der Waals surface area contributed by atoms with E-state index in [9.17, 15) is 14.9 Å². The molecule has 0 heterocycles. The number of anilines is 1. The molecule has 0 radical (unpaired) electrons. The van der Waals surface area contributed by atoms with Gasteiger partial charge in [-0.1, -0.05) is 13.8 Å². The van der Waals surface area contributed by atoms with E-state index < -0.39 is 16.4 Å². The molecular weight excluding hydrogens is 260 g/mol. The SMILES string of the molecule is CCC(CC)(CN)Nc1ccc(C(N)=O)cc1[N+](=O)[O-]. The van der Waals surface area contributed by atoms with E-state index in [0.717, 1.165) is 12.8 Å². The third-order valence-electron chi connectivity index (χ3n) is 3.62. The van der Waals surface area contributed by atoms with E-state index in [1.807, 2.05) is 13.8 Å².